The van der Waals surface area contributed by atoms with Gasteiger partial charge in [0, 0.05) is 68.1 Å². The number of fused-ring (bicyclic) bond motifs is 1. The lowest BCUT2D eigenvalue weighted by Gasteiger charge is -2.32. The maximum absolute atomic E-state index is 13.2. The van der Waals surface area contributed by atoms with Gasteiger partial charge in [-0.15, -0.1) is 0 Å². The van der Waals surface area contributed by atoms with Gasteiger partial charge < -0.3 is 25.2 Å². The fraction of sp³-hybridized carbons (Fsp3) is 0.267. The first-order valence-corrected chi connectivity index (χ1v) is 13.1. The summed E-state index contributed by atoms with van der Waals surface area (Å²) >= 11 is 0. The summed E-state index contributed by atoms with van der Waals surface area (Å²) in [5.41, 5.74) is 4.89. The lowest BCUT2D eigenvalue weighted by molar-refractivity contribution is -0.119. The van der Waals surface area contributed by atoms with Crippen LogP contribution in [0.5, 0.6) is 0 Å². The summed E-state index contributed by atoms with van der Waals surface area (Å²) in [7, 11) is 5.20. The van der Waals surface area contributed by atoms with Crippen LogP contribution < -0.4 is 15.5 Å². The molecule has 0 saturated carbocycles. The first-order valence-electron chi connectivity index (χ1n) is 13.1. The number of hydrogen-bond donors (Lipinski definition) is 2. The van der Waals surface area contributed by atoms with E-state index in [1.807, 2.05) is 36.4 Å². The van der Waals surface area contributed by atoms with Crippen molar-refractivity contribution >= 4 is 46.1 Å². The second kappa shape index (κ2) is 11.7. The molecule has 40 heavy (non-hydrogen) atoms. The number of benzene rings is 2. The molecule has 1 saturated heterocycles. The van der Waals surface area contributed by atoms with Crippen molar-refractivity contribution in [3.63, 3.8) is 0 Å². The van der Waals surface area contributed by atoms with E-state index in [1.54, 1.807) is 42.5 Å². The smallest absolute Gasteiger partial charge is 0.337 e. The number of methoxy groups -OCH3 is 1. The highest BCUT2D eigenvalue weighted by atomic mass is 16.5. The third kappa shape index (κ3) is 5.73. The first kappa shape index (κ1) is 27.0. The molecule has 10 nitrogen and oxygen atoms in total. The summed E-state index contributed by atoms with van der Waals surface area (Å²) in [5, 5.41) is 6.27. The number of esters is 1. The average Bonchev–Trinajstić information content (AvgIpc) is 3.31. The van der Waals surface area contributed by atoms with Crippen molar-refractivity contribution in [2.24, 2.45) is 0 Å². The molecule has 0 aliphatic carbocycles. The molecule has 0 radical (unpaired) electrons. The van der Waals surface area contributed by atoms with Crippen LogP contribution in [0, 0.1) is 0 Å². The predicted octanol–water partition coefficient (Wildman–Crippen LogP) is 3.01. The van der Waals surface area contributed by atoms with Crippen LogP contribution in [0.3, 0.4) is 0 Å². The number of rotatable bonds is 7. The quantitative estimate of drug-likeness (QED) is 0.348. The number of piperazine rings is 1. The summed E-state index contributed by atoms with van der Waals surface area (Å²) in [6.07, 6.45) is 3.32. The summed E-state index contributed by atoms with van der Waals surface area (Å²) in [6, 6.07) is 16.1. The van der Waals surface area contributed by atoms with Crippen LogP contribution in [-0.2, 0) is 14.3 Å². The molecule has 3 aromatic rings. The van der Waals surface area contributed by atoms with Crippen molar-refractivity contribution < 1.29 is 19.1 Å². The molecule has 1 fully saturated rings. The Bertz CT molecular complexity index is 1450. The van der Waals surface area contributed by atoms with E-state index in [0.29, 0.717) is 34.6 Å². The van der Waals surface area contributed by atoms with Crippen LogP contribution in [0.15, 0.2) is 67.0 Å². The fourth-order valence-electron chi connectivity index (χ4n) is 4.82. The van der Waals surface area contributed by atoms with Crippen molar-refractivity contribution in [1.82, 2.24) is 14.8 Å². The highest BCUT2D eigenvalue weighted by Crippen LogP contribution is 2.38. The Morgan fingerprint density at radius 1 is 1.00 bits per heavy atom. The minimum atomic E-state index is -0.478. The second-order valence-electron chi connectivity index (χ2n) is 9.90. The van der Waals surface area contributed by atoms with Crippen LogP contribution in [0.2, 0.25) is 0 Å². The molecule has 2 amide bonds. The lowest BCUT2D eigenvalue weighted by atomic mass is 9.99. The summed E-state index contributed by atoms with van der Waals surface area (Å²) < 4.78 is 4.82. The largest absolute Gasteiger partial charge is 0.465 e. The van der Waals surface area contributed by atoms with Crippen LogP contribution in [0.4, 0.5) is 17.1 Å². The van der Waals surface area contributed by atoms with E-state index in [1.165, 1.54) is 7.11 Å². The van der Waals surface area contributed by atoms with Crippen LogP contribution in [-0.4, -0.2) is 86.5 Å². The monoisotopic (exact) mass is 540 g/mol. The third-order valence-corrected chi connectivity index (χ3v) is 7.26. The van der Waals surface area contributed by atoms with Gasteiger partial charge in [-0.1, -0.05) is 6.07 Å². The topological polar surface area (TPSA) is 107 Å². The molecule has 0 spiro atoms. The van der Waals surface area contributed by atoms with Crippen molar-refractivity contribution in [3.8, 4) is 0 Å². The zero-order valence-electron chi connectivity index (χ0n) is 22.8. The van der Waals surface area contributed by atoms with Gasteiger partial charge in [0.1, 0.15) is 0 Å². The Balaban J connectivity index is 1.40. The molecule has 5 rings (SSSR count). The van der Waals surface area contributed by atoms with Gasteiger partial charge in [-0.25, -0.2) is 4.79 Å². The van der Waals surface area contributed by atoms with Crippen molar-refractivity contribution in [2.75, 3.05) is 69.5 Å². The Kier molecular flexibility index (Phi) is 7.90. The zero-order valence-corrected chi connectivity index (χ0v) is 22.8. The van der Waals surface area contributed by atoms with E-state index in [-0.39, 0.29) is 11.8 Å². The van der Waals surface area contributed by atoms with Crippen molar-refractivity contribution in [1.29, 1.82) is 0 Å². The SMILES string of the molecule is COC(=O)c1ccc2c(c1)NC(=O)C2=C(Nc1ccc(N(C)C(=O)CN2CCN(C)CC2)cc1)c1ccncc1. The number of carbonyl (C=O) groups excluding carboxylic acids is 3. The minimum Gasteiger partial charge on any atom is -0.465 e. The van der Waals surface area contributed by atoms with Crippen LogP contribution in [0.1, 0.15) is 21.5 Å². The highest BCUT2D eigenvalue weighted by Gasteiger charge is 2.29. The molecule has 2 aliphatic rings. The second-order valence-corrected chi connectivity index (χ2v) is 9.90. The number of carbonyl (C=O) groups is 3. The standard InChI is InChI=1S/C30H32N6O4/c1-34-14-16-36(17-15-34)19-26(37)35(2)23-7-5-22(6-8-23)32-28(20-10-12-31-13-11-20)27-24-9-4-21(30(39)40-3)18-25(24)33-29(27)38/h4-13,18,32H,14-17,19H2,1-3H3,(H,33,38). The highest BCUT2D eigenvalue weighted by molar-refractivity contribution is 6.37. The summed E-state index contributed by atoms with van der Waals surface area (Å²) in [6.45, 7) is 4.07. The summed E-state index contributed by atoms with van der Waals surface area (Å²) in [4.78, 5) is 48.4. The van der Waals surface area contributed by atoms with Gasteiger partial charge in [-0.3, -0.25) is 19.5 Å². The maximum Gasteiger partial charge on any atom is 0.337 e. The predicted molar refractivity (Wildman–Crippen MR) is 155 cm³/mol. The Hall–Kier alpha value is -4.54. The van der Waals surface area contributed by atoms with Gasteiger partial charge >= 0.3 is 5.97 Å². The fourth-order valence-corrected chi connectivity index (χ4v) is 4.82. The normalized spacial score (nSPS) is 16.6. The first-order chi connectivity index (χ1) is 19.3. The van der Waals surface area contributed by atoms with Gasteiger partial charge in [0.2, 0.25) is 5.91 Å². The number of hydrogen-bond acceptors (Lipinski definition) is 8. The van der Waals surface area contributed by atoms with E-state index < -0.39 is 5.97 Å². The molecular formula is C30H32N6O4. The molecule has 0 atom stereocenters. The number of nitrogens with one attached hydrogen (secondary N) is 2. The molecular weight excluding hydrogens is 508 g/mol. The number of nitrogens with zero attached hydrogens (tertiary/aromatic N) is 4. The Labute approximate surface area is 233 Å². The van der Waals surface area contributed by atoms with E-state index in [0.717, 1.165) is 43.1 Å². The minimum absolute atomic E-state index is 0.0374. The molecule has 2 aromatic carbocycles. The number of anilines is 3. The molecule has 10 heteroatoms. The number of likely N-dealkylation sites (N-methyl/N-ethyl adjacent to an activating group) is 2. The number of amides is 2. The molecule has 2 aliphatic heterocycles. The Morgan fingerprint density at radius 3 is 2.38 bits per heavy atom. The Morgan fingerprint density at radius 2 is 1.70 bits per heavy atom. The molecule has 0 bridgehead atoms. The molecule has 3 heterocycles. The van der Waals surface area contributed by atoms with Gasteiger partial charge in [0.15, 0.2) is 0 Å². The van der Waals surface area contributed by atoms with E-state index in [2.05, 4.69) is 32.5 Å². The van der Waals surface area contributed by atoms with Gasteiger partial charge in [-0.05, 0) is 55.6 Å². The van der Waals surface area contributed by atoms with Crippen molar-refractivity contribution in [2.45, 2.75) is 0 Å². The zero-order chi connectivity index (χ0) is 28.2. The number of ether oxygens (including phenoxy) is 1. The maximum atomic E-state index is 13.2. The van der Waals surface area contributed by atoms with Gasteiger partial charge in [0.05, 0.1) is 36.2 Å². The number of aromatic nitrogens is 1. The third-order valence-electron chi connectivity index (χ3n) is 7.26. The molecule has 0 unspecified atom stereocenters. The molecule has 2 N–H and O–H groups in total. The lowest BCUT2D eigenvalue weighted by Crippen LogP contribution is -2.48. The van der Waals surface area contributed by atoms with E-state index in [4.69, 9.17) is 4.74 Å². The molecule has 1 aromatic heterocycles. The van der Waals surface area contributed by atoms with Gasteiger partial charge in [-0.2, -0.15) is 0 Å². The van der Waals surface area contributed by atoms with Gasteiger partial charge in [0.25, 0.3) is 5.91 Å². The summed E-state index contributed by atoms with van der Waals surface area (Å²) in [5.74, 6) is -0.730. The van der Waals surface area contributed by atoms with Crippen molar-refractivity contribution in [3.05, 3.63) is 83.7 Å². The number of pyridine rings is 1. The van der Waals surface area contributed by atoms with E-state index in [9.17, 15) is 14.4 Å². The average molecular weight is 541 g/mol. The van der Waals surface area contributed by atoms with E-state index >= 15 is 0 Å². The van der Waals surface area contributed by atoms with Crippen LogP contribution in [0.25, 0.3) is 11.3 Å². The molecule has 206 valence electrons. The van der Waals surface area contributed by atoms with Crippen LogP contribution >= 0.6 is 0 Å².